The molecule has 1 atom stereocenters. The van der Waals surface area contributed by atoms with E-state index in [-0.39, 0.29) is 5.91 Å². The van der Waals surface area contributed by atoms with Gasteiger partial charge in [-0.25, -0.2) is 0 Å². The Balaban J connectivity index is 1.63. The van der Waals surface area contributed by atoms with Gasteiger partial charge >= 0.3 is 0 Å². The predicted molar refractivity (Wildman–Crippen MR) is 55.0 cm³/mol. The summed E-state index contributed by atoms with van der Waals surface area (Å²) in [7, 11) is 2.07. The Morgan fingerprint density at radius 2 is 2.36 bits per heavy atom. The Labute approximate surface area is 85.0 Å². The van der Waals surface area contributed by atoms with Crippen molar-refractivity contribution in [1.82, 2.24) is 15.5 Å². The molecule has 2 fully saturated rings. The number of nitrogens with zero attached hydrogens (tertiary/aromatic N) is 1. The summed E-state index contributed by atoms with van der Waals surface area (Å²) in [5, 5.41) is 6.34. The van der Waals surface area contributed by atoms with Crippen molar-refractivity contribution in [3.8, 4) is 0 Å². The molecular weight excluding hydrogens is 178 g/mol. The molecule has 2 saturated heterocycles. The standard InChI is InChI=1S/C10H19N3O/c1-13-6-9(7-13)12-10(14)4-8-2-3-11-5-8/h8-9,11H,2-7H2,1H3,(H,12,14). The van der Waals surface area contributed by atoms with Gasteiger partial charge in [0.15, 0.2) is 0 Å². The Kier molecular flexibility index (Phi) is 3.03. The molecule has 2 aliphatic rings. The normalized spacial score (nSPS) is 28.8. The predicted octanol–water partition coefficient (Wildman–Crippen LogP) is -0.584. The summed E-state index contributed by atoms with van der Waals surface area (Å²) in [5.74, 6) is 0.796. The average Bonchev–Trinajstić information content (AvgIpc) is 2.54. The summed E-state index contributed by atoms with van der Waals surface area (Å²) in [6.45, 7) is 4.10. The first-order valence-corrected chi connectivity index (χ1v) is 5.42. The van der Waals surface area contributed by atoms with Gasteiger partial charge in [0.05, 0.1) is 6.04 Å². The zero-order valence-corrected chi connectivity index (χ0v) is 8.75. The lowest BCUT2D eigenvalue weighted by atomic mass is 10.0. The summed E-state index contributed by atoms with van der Waals surface area (Å²) >= 11 is 0. The number of carbonyl (C=O) groups is 1. The maximum atomic E-state index is 11.6. The average molecular weight is 197 g/mol. The minimum Gasteiger partial charge on any atom is -0.351 e. The van der Waals surface area contributed by atoms with Crippen LogP contribution in [-0.4, -0.2) is 50.1 Å². The first-order chi connectivity index (χ1) is 6.74. The second-order valence-corrected chi connectivity index (χ2v) is 4.55. The number of hydrogen-bond donors (Lipinski definition) is 2. The number of likely N-dealkylation sites (N-methyl/N-ethyl adjacent to an activating group) is 1. The molecule has 4 heteroatoms. The molecule has 2 N–H and O–H groups in total. The maximum absolute atomic E-state index is 11.6. The minimum atomic E-state index is 0.233. The first kappa shape index (κ1) is 9.93. The molecule has 0 saturated carbocycles. The van der Waals surface area contributed by atoms with E-state index in [9.17, 15) is 4.79 Å². The number of nitrogens with one attached hydrogen (secondary N) is 2. The molecule has 4 nitrogen and oxygen atoms in total. The van der Waals surface area contributed by atoms with E-state index in [0.717, 1.165) is 32.6 Å². The van der Waals surface area contributed by atoms with E-state index in [1.165, 1.54) is 0 Å². The van der Waals surface area contributed by atoms with Gasteiger partial charge in [0.1, 0.15) is 0 Å². The van der Waals surface area contributed by atoms with Crippen LogP contribution in [0.15, 0.2) is 0 Å². The zero-order chi connectivity index (χ0) is 9.97. The Morgan fingerprint density at radius 1 is 1.57 bits per heavy atom. The third-order valence-electron chi connectivity index (χ3n) is 3.07. The third kappa shape index (κ3) is 2.45. The third-order valence-corrected chi connectivity index (χ3v) is 3.07. The van der Waals surface area contributed by atoms with Crippen molar-refractivity contribution in [2.24, 2.45) is 5.92 Å². The van der Waals surface area contributed by atoms with Crippen molar-refractivity contribution in [2.75, 3.05) is 33.2 Å². The van der Waals surface area contributed by atoms with E-state index in [1.807, 2.05) is 0 Å². The molecule has 0 aromatic heterocycles. The van der Waals surface area contributed by atoms with Gasteiger partial charge in [0.25, 0.3) is 0 Å². The van der Waals surface area contributed by atoms with E-state index in [1.54, 1.807) is 0 Å². The fourth-order valence-electron chi connectivity index (χ4n) is 2.23. The molecule has 0 bridgehead atoms. The van der Waals surface area contributed by atoms with Crippen molar-refractivity contribution in [3.63, 3.8) is 0 Å². The monoisotopic (exact) mass is 197 g/mol. The molecule has 0 aromatic carbocycles. The van der Waals surface area contributed by atoms with Gasteiger partial charge in [-0.3, -0.25) is 4.79 Å². The Morgan fingerprint density at radius 3 is 2.93 bits per heavy atom. The van der Waals surface area contributed by atoms with Gasteiger partial charge in [-0.15, -0.1) is 0 Å². The maximum Gasteiger partial charge on any atom is 0.220 e. The van der Waals surface area contributed by atoms with Gasteiger partial charge in [0, 0.05) is 19.5 Å². The van der Waals surface area contributed by atoms with E-state index < -0.39 is 0 Å². The van der Waals surface area contributed by atoms with E-state index in [2.05, 4.69) is 22.6 Å². The van der Waals surface area contributed by atoms with Gasteiger partial charge in [-0.05, 0) is 32.5 Å². The lowest BCUT2D eigenvalue weighted by Crippen LogP contribution is -2.57. The van der Waals surface area contributed by atoms with Crippen LogP contribution in [0.4, 0.5) is 0 Å². The van der Waals surface area contributed by atoms with Crippen LogP contribution in [0, 0.1) is 5.92 Å². The minimum absolute atomic E-state index is 0.233. The van der Waals surface area contributed by atoms with Crippen LogP contribution in [0.2, 0.25) is 0 Å². The fraction of sp³-hybridized carbons (Fsp3) is 0.900. The van der Waals surface area contributed by atoms with Gasteiger partial charge in [-0.1, -0.05) is 0 Å². The lowest BCUT2D eigenvalue weighted by Gasteiger charge is -2.36. The molecule has 0 radical (unpaired) electrons. The molecule has 1 amide bonds. The van der Waals surface area contributed by atoms with Crippen LogP contribution >= 0.6 is 0 Å². The highest BCUT2D eigenvalue weighted by Gasteiger charge is 2.26. The Bertz CT molecular complexity index is 207. The quantitative estimate of drug-likeness (QED) is 0.636. The smallest absolute Gasteiger partial charge is 0.220 e. The van der Waals surface area contributed by atoms with Gasteiger partial charge in [0.2, 0.25) is 5.91 Å². The number of hydrogen-bond acceptors (Lipinski definition) is 3. The number of rotatable bonds is 3. The summed E-state index contributed by atoms with van der Waals surface area (Å²) in [6, 6.07) is 0.405. The molecule has 0 aliphatic carbocycles. The van der Waals surface area contributed by atoms with E-state index >= 15 is 0 Å². The van der Waals surface area contributed by atoms with Crippen LogP contribution in [0.25, 0.3) is 0 Å². The summed E-state index contributed by atoms with van der Waals surface area (Å²) in [5.41, 5.74) is 0. The molecular formula is C10H19N3O. The van der Waals surface area contributed by atoms with Crippen LogP contribution < -0.4 is 10.6 Å². The largest absolute Gasteiger partial charge is 0.351 e. The van der Waals surface area contributed by atoms with Crippen LogP contribution in [0.5, 0.6) is 0 Å². The zero-order valence-electron chi connectivity index (χ0n) is 8.75. The molecule has 2 aliphatic heterocycles. The highest BCUT2D eigenvalue weighted by Crippen LogP contribution is 2.12. The van der Waals surface area contributed by atoms with Crippen molar-refractivity contribution >= 4 is 5.91 Å². The highest BCUT2D eigenvalue weighted by molar-refractivity contribution is 5.76. The van der Waals surface area contributed by atoms with Gasteiger partial charge in [-0.2, -0.15) is 0 Å². The summed E-state index contributed by atoms with van der Waals surface area (Å²) < 4.78 is 0. The van der Waals surface area contributed by atoms with Crippen molar-refractivity contribution in [2.45, 2.75) is 18.9 Å². The lowest BCUT2D eigenvalue weighted by molar-refractivity contribution is -0.123. The SMILES string of the molecule is CN1CC(NC(=O)CC2CCNC2)C1. The Hall–Kier alpha value is -0.610. The number of carbonyl (C=O) groups excluding carboxylic acids is 1. The molecule has 80 valence electrons. The van der Waals surface area contributed by atoms with Crippen LogP contribution in [-0.2, 0) is 4.79 Å². The molecule has 2 rings (SSSR count). The molecule has 2 heterocycles. The van der Waals surface area contributed by atoms with Crippen molar-refractivity contribution in [1.29, 1.82) is 0 Å². The number of amides is 1. The summed E-state index contributed by atoms with van der Waals surface area (Å²) in [6.07, 6.45) is 1.85. The second kappa shape index (κ2) is 4.28. The van der Waals surface area contributed by atoms with Crippen molar-refractivity contribution < 1.29 is 4.79 Å². The van der Waals surface area contributed by atoms with Crippen molar-refractivity contribution in [3.05, 3.63) is 0 Å². The van der Waals surface area contributed by atoms with E-state index in [4.69, 9.17) is 0 Å². The highest BCUT2D eigenvalue weighted by atomic mass is 16.1. The first-order valence-electron chi connectivity index (χ1n) is 5.42. The van der Waals surface area contributed by atoms with Gasteiger partial charge < -0.3 is 15.5 Å². The van der Waals surface area contributed by atoms with Crippen LogP contribution in [0.3, 0.4) is 0 Å². The topological polar surface area (TPSA) is 44.4 Å². The second-order valence-electron chi connectivity index (χ2n) is 4.55. The molecule has 0 aromatic rings. The molecule has 1 unspecified atom stereocenters. The van der Waals surface area contributed by atoms with E-state index in [0.29, 0.717) is 18.4 Å². The summed E-state index contributed by atoms with van der Waals surface area (Å²) in [4.78, 5) is 13.8. The van der Waals surface area contributed by atoms with Crippen LogP contribution in [0.1, 0.15) is 12.8 Å². The molecule has 14 heavy (non-hydrogen) atoms. The molecule has 0 spiro atoms. The fourth-order valence-corrected chi connectivity index (χ4v) is 2.23. The number of likely N-dealkylation sites (tertiary alicyclic amines) is 1.